The Bertz CT molecular complexity index is 297. The second-order valence-corrected chi connectivity index (χ2v) is 3.57. The van der Waals surface area contributed by atoms with Crippen molar-refractivity contribution in [1.29, 1.82) is 0 Å². The molecule has 0 heterocycles. The average Bonchev–Trinajstić information content (AvgIpc) is 2.04. The summed E-state index contributed by atoms with van der Waals surface area (Å²) in [4.78, 5) is 11.4. The van der Waals surface area contributed by atoms with Gasteiger partial charge in [-0.1, -0.05) is 11.6 Å². The van der Waals surface area contributed by atoms with Gasteiger partial charge in [0.2, 0.25) is 0 Å². The molecule has 2 nitrogen and oxygen atoms in total. The van der Waals surface area contributed by atoms with Gasteiger partial charge in [-0.15, -0.1) is 0 Å². The van der Waals surface area contributed by atoms with Gasteiger partial charge in [-0.3, -0.25) is 4.79 Å². The van der Waals surface area contributed by atoms with Crippen LogP contribution >= 0.6 is 25.1 Å². The fourth-order valence-corrected chi connectivity index (χ4v) is 1.07. The number of nitrogens with one attached hydrogen (secondary N) is 1. The van der Waals surface area contributed by atoms with E-state index >= 15 is 0 Å². The Morgan fingerprint density at radius 3 is 2.21 bits per heavy atom. The van der Waals surface area contributed by atoms with Crippen LogP contribution in [0.1, 0.15) is 24.2 Å². The van der Waals surface area contributed by atoms with Crippen molar-refractivity contribution in [1.82, 2.24) is 5.32 Å². The second-order valence-electron chi connectivity index (χ2n) is 3.14. The van der Waals surface area contributed by atoms with Crippen LogP contribution in [0.2, 0.25) is 5.02 Å². The van der Waals surface area contributed by atoms with Gasteiger partial charge in [-0.05, 0) is 38.1 Å². The van der Waals surface area contributed by atoms with Crippen molar-refractivity contribution < 1.29 is 4.79 Å². The molecule has 0 aliphatic rings. The van der Waals surface area contributed by atoms with E-state index < -0.39 is 0 Å². The lowest BCUT2D eigenvalue weighted by Gasteiger charge is -2.07. The monoisotopic (exact) mass is 231 g/mol. The molecule has 0 aromatic heterocycles. The number of rotatable bonds is 2. The Labute approximate surface area is 96.1 Å². The first-order chi connectivity index (χ1) is 6.09. The van der Waals surface area contributed by atoms with Gasteiger partial charge in [0.25, 0.3) is 5.91 Å². The highest BCUT2D eigenvalue weighted by molar-refractivity contribution is 7.59. The predicted octanol–water partition coefficient (Wildman–Crippen LogP) is 2.59. The van der Waals surface area contributed by atoms with Crippen molar-refractivity contribution in [2.75, 3.05) is 0 Å². The molecule has 0 spiro atoms. The van der Waals surface area contributed by atoms with Crippen LogP contribution in [0.25, 0.3) is 0 Å². The molecule has 0 aliphatic heterocycles. The SMILES string of the molecule is CC(C)NC(=O)c1ccc(Cl)cc1.S. The van der Waals surface area contributed by atoms with Crippen molar-refractivity contribution in [2.24, 2.45) is 0 Å². The van der Waals surface area contributed by atoms with Crippen LogP contribution < -0.4 is 5.32 Å². The van der Waals surface area contributed by atoms with E-state index in [2.05, 4.69) is 5.32 Å². The van der Waals surface area contributed by atoms with E-state index in [1.165, 1.54) is 0 Å². The van der Waals surface area contributed by atoms with E-state index in [1.54, 1.807) is 24.3 Å². The summed E-state index contributed by atoms with van der Waals surface area (Å²) in [6.07, 6.45) is 0. The average molecular weight is 232 g/mol. The van der Waals surface area contributed by atoms with Crippen LogP contribution in [0.5, 0.6) is 0 Å². The van der Waals surface area contributed by atoms with Crippen molar-refractivity contribution in [3.8, 4) is 0 Å². The van der Waals surface area contributed by atoms with Crippen LogP contribution in [0.3, 0.4) is 0 Å². The molecular formula is C10H14ClNOS. The Kier molecular flexibility index (Phi) is 5.65. The van der Waals surface area contributed by atoms with Gasteiger partial charge in [0.15, 0.2) is 0 Å². The van der Waals surface area contributed by atoms with Crippen LogP contribution in [0.4, 0.5) is 0 Å². The summed E-state index contributed by atoms with van der Waals surface area (Å²) in [6.45, 7) is 3.85. The minimum atomic E-state index is -0.0633. The van der Waals surface area contributed by atoms with Crippen molar-refractivity contribution >= 4 is 31.0 Å². The first-order valence-electron chi connectivity index (χ1n) is 4.16. The smallest absolute Gasteiger partial charge is 0.251 e. The summed E-state index contributed by atoms with van der Waals surface area (Å²) in [5.74, 6) is -0.0633. The topological polar surface area (TPSA) is 29.1 Å². The zero-order valence-electron chi connectivity index (χ0n) is 8.17. The van der Waals surface area contributed by atoms with Gasteiger partial charge in [0, 0.05) is 16.6 Å². The predicted molar refractivity (Wildman–Crippen MR) is 64.4 cm³/mol. The fourth-order valence-electron chi connectivity index (χ4n) is 0.947. The minimum absolute atomic E-state index is 0. The highest BCUT2D eigenvalue weighted by atomic mass is 35.5. The van der Waals surface area contributed by atoms with Crippen LogP contribution in [-0.4, -0.2) is 11.9 Å². The van der Waals surface area contributed by atoms with E-state index in [0.29, 0.717) is 10.6 Å². The van der Waals surface area contributed by atoms with Gasteiger partial charge in [-0.25, -0.2) is 0 Å². The molecule has 0 saturated carbocycles. The maximum Gasteiger partial charge on any atom is 0.251 e. The van der Waals surface area contributed by atoms with Crippen LogP contribution in [0, 0.1) is 0 Å². The summed E-state index contributed by atoms with van der Waals surface area (Å²) < 4.78 is 0. The number of hydrogen-bond acceptors (Lipinski definition) is 1. The molecule has 0 aliphatic carbocycles. The first-order valence-corrected chi connectivity index (χ1v) is 4.54. The molecule has 78 valence electrons. The summed E-state index contributed by atoms with van der Waals surface area (Å²) in [5, 5.41) is 3.44. The first kappa shape index (κ1) is 13.3. The molecule has 1 rings (SSSR count). The number of benzene rings is 1. The minimum Gasteiger partial charge on any atom is -0.350 e. The fraction of sp³-hybridized carbons (Fsp3) is 0.300. The highest BCUT2D eigenvalue weighted by Crippen LogP contribution is 2.09. The molecule has 0 atom stereocenters. The number of amides is 1. The summed E-state index contributed by atoms with van der Waals surface area (Å²) in [7, 11) is 0. The quantitative estimate of drug-likeness (QED) is 0.833. The Hall–Kier alpha value is -0.670. The zero-order chi connectivity index (χ0) is 9.84. The number of halogens is 1. The lowest BCUT2D eigenvalue weighted by atomic mass is 10.2. The molecule has 4 heteroatoms. The maximum atomic E-state index is 11.4. The van der Waals surface area contributed by atoms with Crippen LogP contribution in [0.15, 0.2) is 24.3 Å². The summed E-state index contributed by atoms with van der Waals surface area (Å²) >= 11 is 5.69. The molecular weight excluding hydrogens is 218 g/mol. The highest BCUT2D eigenvalue weighted by Gasteiger charge is 2.05. The second kappa shape index (κ2) is 5.94. The normalized spacial score (nSPS) is 9.43. The Balaban J connectivity index is 0.00000169. The maximum absolute atomic E-state index is 11.4. The van der Waals surface area contributed by atoms with E-state index in [0.717, 1.165) is 0 Å². The number of hydrogen-bond donors (Lipinski definition) is 1. The third-order valence-electron chi connectivity index (χ3n) is 1.53. The summed E-state index contributed by atoms with van der Waals surface area (Å²) in [5.41, 5.74) is 0.637. The van der Waals surface area contributed by atoms with Crippen molar-refractivity contribution in [2.45, 2.75) is 19.9 Å². The molecule has 0 bridgehead atoms. The Morgan fingerprint density at radius 2 is 1.79 bits per heavy atom. The van der Waals surface area contributed by atoms with Crippen molar-refractivity contribution in [3.05, 3.63) is 34.9 Å². The van der Waals surface area contributed by atoms with Gasteiger partial charge >= 0.3 is 0 Å². The van der Waals surface area contributed by atoms with E-state index in [-0.39, 0.29) is 25.4 Å². The molecule has 14 heavy (non-hydrogen) atoms. The number of carbonyl (C=O) groups excluding carboxylic acids is 1. The molecule has 1 aromatic carbocycles. The molecule has 0 unspecified atom stereocenters. The van der Waals surface area contributed by atoms with E-state index in [4.69, 9.17) is 11.6 Å². The van der Waals surface area contributed by atoms with E-state index in [9.17, 15) is 4.79 Å². The third kappa shape index (κ3) is 4.03. The van der Waals surface area contributed by atoms with Gasteiger partial charge in [0.1, 0.15) is 0 Å². The molecule has 0 radical (unpaired) electrons. The molecule has 1 aromatic rings. The zero-order valence-corrected chi connectivity index (χ0v) is 9.93. The van der Waals surface area contributed by atoms with Gasteiger partial charge < -0.3 is 5.32 Å². The van der Waals surface area contributed by atoms with Crippen molar-refractivity contribution in [3.63, 3.8) is 0 Å². The molecule has 0 fully saturated rings. The van der Waals surface area contributed by atoms with Gasteiger partial charge in [0.05, 0.1) is 0 Å². The van der Waals surface area contributed by atoms with E-state index in [1.807, 2.05) is 13.8 Å². The third-order valence-corrected chi connectivity index (χ3v) is 1.78. The number of carbonyl (C=O) groups is 1. The summed E-state index contributed by atoms with van der Waals surface area (Å²) in [6, 6.07) is 6.98. The lowest BCUT2D eigenvalue weighted by molar-refractivity contribution is 0.0943. The van der Waals surface area contributed by atoms with Gasteiger partial charge in [-0.2, -0.15) is 13.5 Å². The Morgan fingerprint density at radius 1 is 1.29 bits per heavy atom. The molecule has 1 N–H and O–H groups in total. The molecule has 1 amide bonds. The standard InChI is InChI=1S/C10H12ClNO.H2S/c1-7(2)12-10(13)8-3-5-9(11)6-4-8;/h3-7H,1-2H3,(H,12,13);1H2. The lowest BCUT2D eigenvalue weighted by Crippen LogP contribution is -2.29. The van der Waals surface area contributed by atoms with Crippen LogP contribution in [-0.2, 0) is 0 Å². The molecule has 0 saturated heterocycles. The largest absolute Gasteiger partial charge is 0.350 e.